The van der Waals surface area contributed by atoms with Crippen molar-refractivity contribution in [3.05, 3.63) is 28.5 Å². The Morgan fingerprint density at radius 1 is 1.50 bits per heavy atom. The van der Waals surface area contributed by atoms with Gasteiger partial charge in [-0.3, -0.25) is 9.78 Å². The molecular weight excluding hydrogens is 242 g/mol. The van der Waals surface area contributed by atoms with Crippen LogP contribution in [-0.4, -0.2) is 10.8 Å². The van der Waals surface area contributed by atoms with Crippen LogP contribution in [0.3, 0.4) is 0 Å². The van der Waals surface area contributed by atoms with E-state index < -0.39 is 0 Å². The molecule has 0 amide bonds. The number of carbonyl (C=O) groups is 1. The Kier molecular flexibility index (Phi) is 2.96. The van der Waals surface area contributed by atoms with Crippen molar-refractivity contribution in [2.75, 3.05) is 0 Å². The van der Waals surface area contributed by atoms with Crippen LogP contribution in [0.5, 0.6) is 0 Å². The molecule has 1 heterocycles. The molecule has 3 heteroatoms. The van der Waals surface area contributed by atoms with Crippen molar-refractivity contribution < 1.29 is 4.79 Å². The maximum Gasteiger partial charge on any atom is 0.181 e. The van der Waals surface area contributed by atoms with Crippen LogP contribution in [0.15, 0.2) is 22.8 Å². The highest BCUT2D eigenvalue weighted by atomic mass is 79.9. The number of carbonyl (C=O) groups excluding carboxylic acids is 1. The normalized spacial score (nSPS) is 15.5. The van der Waals surface area contributed by atoms with Crippen LogP contribution in [0.25, 0.3) is 0 Å². The highest BCUT2D eigenvalue weighted by molar-refractivity contribution is 9.10. The molecule has 0 atom stereocenters. The standard InChI is InChI=1S/C11H12BrNO/c12-9-4-5-10(13-7-9)11(14)6-3-8-1-2-8/h4-5,7-8H,1-3,6H2. The van der Waals surface area contributed by atoms with Crippen LogP contribution in [0.2, 0.25) is 0 Å². The van der Waals surface area contributed by atoms with Gasteiger partial charge in [0.25, 0.3) is 0 Å². The van der Waals surface area contributed by atoms with Gasteiger partial charge in [0.05, 0.1) is 0 Å². The van der Waals surface area contributed by atoms with E-state index in [4.69, 9.17) is 0 Å². The third-order valence-electron chi connectivity index (χ3n) is 2.49. The lowest BCUT2D eigenvalue weighted by atomic mass is 10.1. The SMILES string of the molecule is O=C(CCC1CC1)c1ccc(Br)cn1. The van der Waals surface area contributed by atoms with E-state index in [9.17, 15) is 4.79 Å². The van der Waals surface area contributed by atoms with Crippen molar-refractivity contribution in [3.8, 4) is 0 Å². The van der Waals surface area contributed by atoms with E-state index in [1.54, 1.807) is 12.3 Å². The lowest BCUT2D eigenvalue weighted by molar-refractivity contribution is 0.0973. The van der Waals surface area contributed by atoms with Crippen molar-refractivity contribution in [3.63, 3.8) is 0 Å². The highest BCUT2D eigenvalue weighted by Gasteiger charge is 2.22. The molecule has 0 bridgehead atoms. The quantitative estimate of drug-likeness (QED) is 0.772. The summed E-state index contributed by atoms with van der Waals surface area (Å²) >= 11 is 3.29. The van der Waals surface area contributed by atoms with Gasteiger partial charge < -0.3 is 0 Å². The third-order valence-corrected chi connectivity index (χ3v) is 2.96. The topological polar surface area (TPSA) is 30.0 Å². The lowest BCUT2D eigenvalue weighted by Crippen LogP contribution is -2.01. The monoisotopic (exact) mass is 253 g/mol. The number of ketones is 1. The summed E-state index contributed by atoms with van der Waals surface area (Å²) in [5.74, 6) is 0.985. The molecule has 0 N–H and O–H groups in total. The zero-order valence-corrected chi connectivity index (χ0v) is 9.46. The van der Waals surface area contributed by atoms with E-state index in [0.717, 1.165) is 16.8 Å². The van der Waals surface area contributed by atoms with E-state index in [2.05, 4.69) is 20.9 Å². The third kappa shape index (κ3) is 2.64. The Bertz CT molecular complexity index is 330. The smallest absolute Gasteiger partial charge is 0.181 e. The van der Waals surface area contributed by atoms with Crippen LogP contribution >= 0.6 is 15.9 Å². The molecule has 1 aliphatic rings. The predicted molar refractivity (Wildman–Crippen MR) is 58.2 cm³/mol. The highest BCUT2D eigenvalue weighted by Crippen LogP contribution is 2.33. The fourth-order valence-electron chi connectivity index (χ4n) is 1.41. The molecule has 1 saturated carbocycles. The molecule has 0 unspecified atom stereocenters. The summed E-state index contributed by atoms with van der Waals surface area (Å²) in [5.41, 5.74) is 0.592. The number of hydrogen-bond acceptors (Lipinski definition) is 2. The van der Waals surface area contributed by atoms with Gasteiger partial charge in [-0.15, -0.1) is 0 Å². The number of pyridine rings is 1. The Balaban J connectivity index is 1.92. The predicted octanol–water partition coefficient (Wildman–Crippen LogP) is 3.22. The molecule has 0 aliphatic heterocycles. The average molecular weight is 254 g/mol. The van der Waals surface area contributed by atoms with Crippen molar-refractivity contribution >= 4 is 21.7 Å². The zero-order chi connectivity index (χ0) is 9.97. The number of hydrogen-bond donors (Lipinski definition) is 0. The van der Waals surface area contributed by atoms with Crippen LogP contribution in [0, 0.1) is 5.92 Å². The molecule has 1 fully saturated rings. The first-order valence-electron chi connectivity index (χ1n) is 4.90. The van der Waals surface area contributed by atoms with Gasteiger partial charge in [0.1, 0.15) is 5.69 Å². The van der Waals surface area contributed by atoms with Crippen LogP contribution < -0.4 is 0 Å². The first-order valence-corrected chi connectivity index (χ1v) is 5.70. The summed E-state index contributed by atoms with van der Waals surface area (Å²) in [7, 11) is 0. The molecule has 14 heavy (non-hydrogen) atoms. The minimum Gasteiger partial charge on any atom is -0.292 e. The van der Waals surface area contributed by atoms with E-state index >= 15 is 0 Å². The largest absolute Gasteiger partial charge is 0.292 e. The van der Waals surface area contributed by atoms with E-state index in [1.807, 2.05) is 6.07 Å². The van der Waals surface area contributed by atoms with Crippen molar-refractivity contribution in [1.82, 2.24) is 4.98 Å². The zero-order valence-electron chi connectivity index (χ0n) is 7.87. The van der Waals surface area contributed by atoms with Gasteiger partial charge in [-0.2, -0.15) is 0 Å². The Hall–Kier alpha value is -0.700. The fourth-order valence-corrected chi connectivity index (χ4v) is 1.65. The van der Waals surface area contributed by atoms with Gasteiger partial charge in [-0.25, -0.2) is 0 Å². The Morgan fingerprint density at radius 2 is 2.29 bits per heavy atom. The summed E-state index contributed by atoms with van der Waals surface area (Å²) in [4.78, 5) is 15.7. The molecule has 74 valence electrons. The van der Waals surface area contributed by atoms with Crippen molar-refractivity contribution in [2.45, 2.75) is 25.7 Å². The molecule has 0 aromatic carbocycles. The van der Waals surface area contributed by atoms with Gasteiger partial charge in [0.2, 0.25) is 0 Å². The summed E-state index contributed by atoms with van der Waals surface area (Å²) in [6.45, 7) is 0. The number of halogens is 1. The summed E-state index contributed by atoms with van der Waals surface area (Å²) in [6, 6.07) is 3.64. The van der Waals surface area contributed by atoms with E-state index in [1.165, 1.54) is 12.8 Å². The summed E-state index contributed by atoms with van der Waals surface area (Å²) < 4.78 is 0.913. The lowest BCUT2D eigenvalue weighted by Gasteiger charge is -1.99. The van der Waals surface area contributed by atoms with Crippen LogP contribution in [0.1, 0.15) is 36.2 Å². The van der Waals surface area contributed by atoms with Gasteiger partial charge in [0, 0.05) is 17.1 Å². The molecule has 1 aromatic heterocycles. The minimum atomic E-state index is 0.171. The van der Waals surface area contributed by atoms with Gasteiger partial charge in [0.15, 0.2) is 5.78 Å². The molecule has 1 aromatic rings. The fraction of sp³-hybridized carbons (Fsp3) is 0.455. The summed E-state index contributed by atoms with van der Waals surface area (Å²) in [5, 5.41) is 0. The molecule has 1 aliphatic carbocycles. The molecular formula is C11H12BrNO. The van der Waals surface area contributed by atoms with Gasteiger partial charge >= 0.3 is 0 Å². The molecule has 2 nitrogen and oxygen atoms in total. The molecule has 0 spiro atoms. The van der Waals surface area contributed by atoms with Crippen LogP contribution in [-0.2, 0) is 0 Å². The average Bonchev–Trinajstić information content (AvgIpc) is 2.99. The number of rotatable bonds is 4. The maximum atomic E-state index is 11.6. The van der Waals surface area contributed by atoms with E-state index in [0.29, 0.717) is 12.1 Å². The second-order valence-electron chi connectivity index (χ2n) is 3.77. The number of nitrogens with zero attached hydrogens (tertiary/aromatic N) is 1. The summed E-state index contributed by atoms with van der Waals surface area (Å²) in [6.07, 6.45) is 5.97. The first-order chi connectivity index (χ1) is 6.75. The minimum absolute atomic E-state index is 0.171. The Morgan fingerprint density at radius 3 is 2.86 bits per heavy atom. The van der Waals surface area contributed by atoms with Gasteiger partial charge in [-0.05, 0) is 40.4 Å². The molecule has 0 saturated heterocycles. The van der Waals surface area contributed by atoms with E-state index in [-0.39, 0.29) is 5.78 Å². The molecule has 2 rings (SSSR count). The second-order valence-corrected chi connectivity index (χ2v) is 4.68. The van der Waals surface area contributed by atoms with Crippen molar-refractivity contribution in [1.29, 1.82) is 0 Å². The van der Waals surface area contributed by atoms with Gasteiger partial charge in [-0.1, -0.05) is 12.8 Å². The Labute approximate surface area is 91.9 Å². The second kappa shape index (κ2) is 4.22. The first kappa shape index (κ1) is 9.84. The number of aromatic nitrogens is 1. The van der Waals surface area contributed by atoms with Crippen molar-refractivity contribution in [2.24, 2.45) is 5.92 Å². The molecule has 0 radical (unpaired) electrons. The van der Waals surface area contributed by atoms with Crippen LogP contribution in [0.4, 0.5) is 0 Å². The maximum absolute atomic E-state index is 11.6. The number of Topliss-reactive ketones (excluding diaryl/α,β-unsaturated/α-hetero) is 1.